The molecule has 1 heterocycles. The van der Waals surface area contributed by atoms with E-state index >= 15 is 0 Å². The Morgan fingerprint density at radius 2 is 2.28 bits per heavy atom. The number of hydrogen-bond acceptors (Lipinski definition) is 3. The van der Waals surface area contributed by atoms with Crippen molar-refractivity contribution < 1.29 is 9.53 Å². The molecule has 0 aromatic heterocycles. The molecule has 1 atom stereocenters. The van der Waals surface area contributed by atoms with Crippen molar-refractivity contribution in [1.29, 1.82) is 0 Å². The highest BCUT2D eigenvalue weighted by Gasteiger charge is 2.33. The number of nitrogens with one attached hydrogen (secondary N) is 1. The first kappa shape index (κ1) is 15.6. The second kappa shape index (κ2) is 7.24. The van der Waals surface area contributed by atoms with Crippen LogP contribution in [0.1, 0.15) is 34.1 Å². The fraction of sp³-hybridized carbons (Fsp3) is 0.923. The first-order valence-electron chi connectivity index (χ1n) is 6.73. The zero-order valence-corrected chi connectivity index (χ0v) is 12.8. The van der Waals surface area contributed by atoms with Gasteiger partial charge in [-0.3, -0.25) is 0 Å². The summed E-state index contributed by atoms with van der Waals surface area (Å²) in [5, 5.41) is 2.99. The number of carbonyl (C=O) groups excluding carboxylic acids is 1. The third-order valence-corrected chi connectivity index (χ3v) is 3.79. The molecule has 1 aliphatic heterocycles. The van der Waals surface area contributed by atoms with Crippen molar-refractivity contribution in [3.8, 4) is 0 Å². The lowest BCUT2D eigenvalue weighted by molar-refractivity contribution is -0.117. The first-order valence-corrected chi connectivity index (χ1v) is 7.88. The lowest BCUT2D eigenvalue weighted by Gasteiger charge is -2.41. The van der Waals surface area contributed by atoms with Crippen molar-refractivity contribution >= 4 is 17.8 Å². The number of nitrogens with zero attached hydrogens (tertiary/aromatic N) is 1. The SMILES string of the molecule is CCSCCCNC(=O)N1C[C@@H](C)OC(C)(C)C1. The number of morpholine rings is 1. The molecule has 1 N–H and O–H groups in total. The van der Waals surface area contributed by atoms with Crippen molar-refractivity contribution in [2.45, 2.75) is 45.8 Å². The van der Waals surface area contributed by atoms with Gasteiger partial charge in [-0.25, -0.2) is 4.79 Å². The normalized spacial score (nSPS) is 22.9. The predicted molar refractivity (Wildman–Crippen MR) is 77.2 cm³/mol. The molecule has 0 aliphatic carbocycles. The van der Waals surface area contributed by atoms with Crippen LogP contribution in [0.2, 0.25) is 0 Å². The van der Waals surface area contributed by atoms with Gasteiger partial charge in [0.25, 0.3) is 0 Å². The van der Waals surface area contributed by atoms with E-state index < -0.39 is 0 Å². The Hall–Kier alpha value is -0.420. The van der Waals surface area contributed by atoms with Gasteiger partial charge >= 0.3 is 6.03 Å². The smallest absolute Gasteiger partial charge is 0.317 e. The van der Waals surface area contributed by atoms with E-state index in [4.69, 9.17) is 4.74 Å². The maximum Gasteiger partial charge on any atom is 0.317 e. The molecule has 5 heteroatoms. The number of hydrogen-bond donors (Lipinski definition) is 1. The third-order valence-electron chi connectivity index (χ3n) is 2.80. The van der Waals surface area contributed by atoms with E-state index in [-0.39, 0.29) is 17.7 Å². The Labute approximate surface area is 115 Å². The van der Waals surface area contributed by atoms with Crippen LogP contribution < -0.4 is 5.32 Å². The molecule has 0 aromatic rings. The van der Waals surface area contributed by atoms with Crippen molar-refractivity contribution in [3.63, 3.8) is 0 Å². The lowest BCUT2D eigenvalue weighted by atomic mass is 10.1. The minimum atomic E-state index is -0.243. The van der Waals surface area contributed by atoms with E-state index in [1.807, 2.05) is 37.4 Å². The molecule has 1 saturated heterocycles. The van der Waals surface area contributed by atoms with Crippen molar-refractivity contribution in [1.82, 2.24) is 10.2 Å². The molecule has 1 rings (SSSR count). The van der Waals surface area contributed by atoms with Crippen LogP contribution in [0.3, 0.4) is 0 Å². The minimum Gasteiger partial charge on any atom is -0.369 e. The van der Waals surface area contributed by atoms with Crippen LogP contribution in [0.4, 0.5) is 4.79 Å². The second-order valence-corrected chi connectivity index (χ2v) is 6.74. The van der Waals surface area contributed by atoms with Crippen LogP contribution in [0.15, 0.2) is 0 Å². The van der Waals surface area contributed by atoms with Crippen LogP contribution in [-0.4, -0.2) is 53.8 Å². The van der Waals surface area contributed by atoms with Crippen molar-refractivity contribution in [2.24, 2.45) is 0 Å². The van der Waals surface area contributed by atoms with Gasteiger partial charge in [-0.1, -0.05) is 6.92 Å². The molecule has 2 amide bonds. The molecular formula is C13H26N2O2S. The lowest BCUT2D eigenvalue weighted by Crippen LogP contribution is -2.56. The third kappa shape index (κ3) is 5.48. The fourth-order valence-corrected chi connectivity index (χ4v) is 2.87. The Bertz CT molecular complexity index is 272. The first-order chi connectivity index (χ1) is 8.44. The molecule has 0 unspecified atom stereocenters. The van der Waals surface area contributed by atoms with Crippen LogP contribution in [-0.2, 0) is 4.74 Å². The summed E-state index contributed by atoms with van der Waals surface area (Å²) >= 11 is 1.91. The summed E-state index contributed by atoms with van der Waals surface area (Å²) in [5.41, 5.74) is -0.243. The number of thioether (sulfide) groups is 1. The van der Waals surface area contributed by atoms with Gasteiger partial charge in [0.1, 0.15) is 0 Å². The van der Waals surface area contributed by atoms with Crippen molar-refractivity contribution in [2.75, 3.05) is 31.1 Å². The summed E-state index contributed by atoms with van der Waals surface area (Å²) in [6, 6.07) is 0.0414. The van der Waals surface area contributed by atoms with Crippen LogP contribution in [0, 0.1) is 0 Å². The highest BCUT2D eigenvalue weighted by atomic mass is 32.2. The number of rotatable bonds is 5. The second-order valence-electron chi connectivity index (χ2n) is 5.35. The topological polar surface area (TPSA) is 41.6 Å². The van der Waals surface area contributed by atoms with Crippen LogP contribution in [0.25, 0.3) is 0 Å². The van der Waals surface area contributed by atoms with Crippen LogP contribution >= 0.6 is 11.8 Å². The summed E-state index contributed by atoms with van der Waals surface area (Å²) in [7, 11) is 0. The zero-order chi connectivity index (χ0) is 13.6. The number of urea groups is 1. The number of amides is 2. The average Bonchev–Trinajstić information content (AvgIpc) is 2.25. The van der Waals surface area contributed by atoms with E-state index in [1.54, 1.807) is 0 Å². The number of ether oxygens (including phenoxy) is 1. The van der Waals surface area contributed by atoms with E-state index in [0.29, 0.717) is 13.1 Å². The zero-order valence-electron chi connectivity index (χ0n) is 12.0. The minimum absolute atomic E-state index is 0.0414. The largest absolute Gasteiger partial charge is 0.369 e. The molecule has 1 fully saturated rings. The van der Waals surface area contributed by atoms with Gasteiger partial charge in [-0.05, 0) is 38.7 Å². The molecule has 1 aliphatic rings. The summed E-state index contributed by atoms with van der Waals surface area (Å²) in [5.74, 6) is 2.25. The van der Waals surface area contributed by atoms with E-state index in [0.717, 1.165) is 24.5 Å². The van der Waals surface area contributed by atoms with Gasteiger partial charge in [0.15, 0.2) is 0 Å². The van der Waals surface area contributed by atoms with Gasteiger partial charge < -0.3 is 15.0 Å². The average molecular weight is 274 g/mol. The van der Waals surface area contributed by atoms with Gasteiger partial charge in [0.05, 0.1) is 18.2 Å². The van der Waals surface area contributed by atoms with Gasteiger partial charge in [-0.2, -0.15) is 11.8 Å². The Morgan fingerprint density at radius 1 is 1.56 bits per heavy atom. The molecule has 0 bridgehead atoms. The van der Waals surface area contributed by atoms with Gasteiger partial charge in [-0.15, -0.1) is 0 Å². The molecule has 0 aromatic carbocycles. The highest BCUT2D eigenvalue weighted by Crippen LogP contribution is 2.20. The fourth-order valence-electron chi connectivity index (χ4n) is 2.23. The Morgan fingerprint density at radius 3 is 2.89 bits per heavy atom. The summed E-state index contributed by atoms with van der Waals surface area (Å²) in [6.45, 7) is 10.3. The molecule has 0 saturated carbocycles. The van der Waals surface area contributed by atoms with Gasteiger partial charge in [0, 0.05) is 13.1 Å². The Kier molecular flexibility index (Phi) is 6.29. The summed E-state index contributed by atoms with van der Waals surface area (Å²) in [6.07, 6.45) is 1.14. The quantitative estimate of drug-likeness (QED) is 0.782. The maximum absolute atomic E-state index is 12.0. The predicted octanol–water partition coefficient (Wildman–Crippen LogP) is 2.34. The molecule has 106 valence electrons. The summed E-state index contributed by atoms with van der Waals surface area (Å²) in [4.78, 5) is 13.9. The monoisotopic (exact) mass is 274 g/mol. The Balaban J connectivity index is 2.28. The van der Waals surface area contributed by atoms with E-state index in [1.165, 1.54) is 0 Å². The standard InChI is InChI=1S/C13H26N2O2S/c1-5-18-8-6-7-14-12(16)15-9-11(2)17-13(3,4)10-15/h11H,5-10H2,1-4H3,(H,14,16)/t11-/m1/s1. The van der Waals surface area contributed by atoms with E-state index in [2.05, 4.69) is 12.2 Å². The molecular weight excluding hydrogens is 248 g/mol. The van der Waals surface area contributed by atoms with E-state index in [9.17, 15) is 4.79 Å². The van der Waals surface area contributed by atoms with Crippen LogP contribution in [0.5, 0.6) is 0 Å². The molecule has 0 spiro atoms. The molecule has 0 radical (unpaired) electrons. The van der Waals surface area contributed by atoms with Gasteiger partial charge in [0.2, 0.25) is 0 Å². The highest BCUT2D eigenvalue weighted by molar-refractivity contribution is 7.99. The molecule has 4 nitrogen and oxygen atoms in total. The maximum atomic E-state index is 12.0. The number of carbonyl (C=O) groups is 1. The summed E-state index contributed by atoms with van der Waals surface area (Å²) < 4.78 is 5.79. The molecule has 18 heavy (non-hydrogen) atoms. The van der Waals surface area contributed by atoms with Crippen molar-refractivity contribution in [3.05, 3.63) is 0 Å².